The Morgan fingerprint density at radius 3 is 1.24 bits per heavy atom. The molecule has 228 valence electrons. The van der Waals surface area contributed by atoms with Crippen molar-refractivity contribution >= 4 is 61.4 Å². The van der Waals surface area contributed by atoms with Gasteiger partial charge >= 0.3 is 12.2 Å². The van der Waals surface area contributed by atoms with E-state index in [9.17, 15) is 24.0 Å². The molecular weight excluding hydrogens is 672 g/mol. The number of ether oxygens (including phenoxy) is 2. The predicted molar refractivity (Wildman–Crippen MR) is 166 cm³/mol. The molecule has 0 bridgehead atoms. The predicted octanol–water partition coefficient (Wildman–Crippen LogP) is 5.90. The number of halogens is 2. The Kier molecular flexibility index (Phi) is 14.9. The summed E-state index contributed by atoms with van der Waals surface area (Å²) < 4.78 is 10.5. The highest BCUT2D eigenvalue weighted by Gasteiger charge is 2.39. The minimum atomic E-state index is -1.39. The van der Waals surface area contributed by atoms with Crippen LogP contribution in [0.3, 0.4) is 0 Å². The molecule has 0 saturated carbocycles. The van der Waals surface area contributed by atoms with E-state index < -0.39 is 51.3 Å². The molecule has 0 fully saturated rings. The number of rotatable bonds is 16. The number of carbonyl (C=O) groups is 5. The topological polar surface area (TPSA) is 128 Å². The van der Waals surface area contributed by atoms with E-state index in [0.29, 0.717) is 0 Å². The van der Waals surface area contributed by atoms with Gasteiger partial charge in [0.2, 0.25) is 0 Å². The van der Waals surface area contributed by atoms with Crippen molar-refractivity contribution in [2.45, 2.75) is 75.5 Å². The number of alkyl halides is 2. The third-order valence-electron chi connectivity index (χ3n) is 6.11. The van der Waals surface area contributed by atoms with Gasteiger partial charge in [0.25, 0.3) is 0 Å². The summed E-state index contributed by atoms with van der Waals surface area (Å²) in [6.07, 6.45) is -1.10. The number of Topliss-reactive ketones (excluding diaryl/α,β-unsaturated/α-hetero) is 3. The molecule has 0 heterocycles. The van der Waals surface area contributed by atoms with Crippen molar-refractivity contribution in [1.82, 2.24) is 10.6 Å². The molecule has 0 aliphatic rings. The largest absolute Gasteiger partial charge is 0.445 e. The van der Waals surface area contributed by atoms with Crippen LogP contribution in [0.1, 0.15) is 51.7 Å². The van der Waals surface area contributed by atoms with Crippen LogP contribution in [0, 0.1) is 11.8 Å². The van der Waals surface area contributed by atoms with Gasteiger partial charge in [-0.25, -0.2) is 9.59 Å². The molecule has 2 aromatic rings. The van der Waals surface area contributed by atoms with Crippen molar-refractivity contribution in [2.75, 3.05) is 0 Å². The average molecular weight is 710 g/mol. The van der Waals surface area contributed by atoms with Gasteiger partial charge in [0.15, 0.2) is 17.3 Å². The molecule has 4 unspecified atom stereocenters. The number of carbonyl (C=O) groups excluding carboxylic acids is 5. The van der Waals surface area contributed by atoms with Crippen LogP contribution in [-0.2, 0) is 37.1 Å². The Hall–Kier alpha value is -3.05. The van der Waals surface area contributed by atoms with Crippen LogP contribution in [0.25, 0.3) is 0 Å². The van der Waals surface area contributed by atoms with E-state index in [1.54, 1.807) is 24.3 Å². The van der Waals surface area contributed by atoms with Gasteiger partial charge in [-0.15, -0.1) is 0 Å². The summed E-state index contributed by atoms with van der Waals surface area (Å²) in [4.78, 5) is 62.1. The van der Waals surface area contributed by atoms with Crippen LogP contribution in [-0.4, -0.2) is 51.3 Å². The smallest absolute Gasteiger partial charge is 0.408 e. The van der Waals surface area contributed by atoms with E-state index in [4.69, 9.17) is 9.47 Å². The number of benzene rings is 2. The average Bonchev–Trinajstić information content (AvgIpc) is 2.97. The summed E-state index contributed by atoms with van der Waals surface area (Å²) in [5.41, 5.74) is 1.56. The zero-order valence-corrected chi connectivity index (χ0v) is 27.4. The summed E-state index contributed by atoms with van der Waals surface area (Å²) >= 11 is 6.30. The van der Waals surface area contributed by atoms with Gasteiger partial charge in [-0.05, 0) is 35.8 Å². The molecule has 0 aliphatic carbocycles. The van der Waals surface area contributed by atoms with E-state index in [1.165, 1.54) is 0 Å². The fraction of sp³-hybridized carbons (Fsp3) is 0.452. The maximum Gasteiger partial charge on any atom is 0.408 e. The lowest BCUT2D eigenvalue weighted by Gasteiger charge is -2.24. The Bertz CT molecular complexity index is 1100. The lowest BCUT2D eigenvalue weighted by molar-refractivity contribution is -0.130. The molecule has 2 N–H and O–H groups in total. The number of amides is 2. The number of hydrogen-bond donors (Lipinski definition) is 2. The maximum atomic E-state index is 13.3. The number of nitrogens with one attached hydrogen (secondary N) is 2. The molecule has 2 amide bonds. The molecule has 9 nitrogen and oxygen atoms in total. The van der Waals surface area contributed by atoms with Gasteiger partial charge in [0, 0.05) is 0 Å². The quantitative estimate of drug-likeness (QED) is 0.164. The molecule has 42 heavy (non-hydrogen) atoms. The SMILES string of the molecule is CC(C)CC(NC(=O)OCc1ccccc1)C(=O)C(Br)C(=O)C(Br)C(=O)C(CC(C)C)NC(=O)OCc1ccccc1. The van der Waals surface area contributed by atoms with Crippen LogP contribution in [0.15, 0.2) is 60.7 Å². The van der Waals surface area contributed by atoms with Crippen molar-refractivity contribution in [2.24, 2.45) is 11.8 Å². The number of ketones is 3. The van der Waals surface area contributed by atoms with E-state index >= 15 is 0 Å². The third-order valence-corrected chi connectivity index (χ3v) is 7.91. The van der Waals surface area contributed by atoms with E-state index in [2.05, 4.69) is 42.5 Å². The van der Waals surface area contributed by atoms with Crippen molar-refractivity contribution in [3.63, 3.8) is 0 Å². The Labute approximate surface area is 263 Å². The summed E-state index contributed by atoms with van der Waals surface area (Å²) in [6.45, 7) is 7.52. The molecule has 0 aromatic heterocycles. The van der Waals surface area contributed by atoms with Crippen LogP contribution in [0.4, 0.5) is 9.59 Å². The monoisotopic (exact) mass is 708 g/mol. The zero-order chi connectivity index (χ0) is 31.2. The highest BCUT2D eigenvalue weighted by molar-refractivity contribution is 9.11. The Morgan fingerprint density at radius 2 is 0.929 bits per heavy atom. The van der Waals surface area contributed by atoms with Crippen molar-refractivity contribution in [1.29, 1.82) is 0 Å². The summed E-state index contributed by atoms with van der Waals surface area (Å²) in [5.74, 6) is -1.96. The molecular formula is C31H38Br2N2O7. The normalized spacial score (nSPS) is 13.9. The molecule has 11 heteroatoms. The molecule has 4 atom stereocenters. The van der Waals surface area contributed by atoms with Crippen LogP contribution in [0.2, 0.25) is 0 Å². The van der Waals surface area contributed by atoms with Crippen LogP contribution < -0.4 is 10.6 Å². The highest BCUT2D eigenvalue weighted by Crippen LogP contribution is 2.20. The molecule has 0 radical (unpaired) electrons. The molecule has 2 aromatic carbocycles. The minimum Gasteiger partial charge on any atom is -0.445 e. The van der Waals surface area contributed by atoms with Gasteiger partial charge < -0.3 is 20.1 Å². The molecule has 0 aliphatic heterocycles. The second-order valence-corrected chi connectivity index (χ2v) is 12.5. The van der Waals surface area contributed by atoms with Gasteiger partial charge in [-0.1, -0.05) is 120 Å². The fourth-order valence-electron chi connectivity index (χ4n) is 4.01. The van der Waals surface area contributed by atoms with E-state index in [1.807, 2.05) is 64.1 Å². The van der Waals surface area contributed by atoms with Crippen molar-refractivity contribution in [3.8, 4) is 0 Å². The first-order valence-corrected chi connectivity index (χ1v) is 15.6. The van der Waals surface area contributed by atoms with Crippen molar-refractivity contribution in [3.05, 3.63) is 71.8 Å². The minimum absolute atomic E-state index is 0.00564. The zero-order valence-electron chi connectivity index (χ0n) is 24.2. The highest BCUT2D eigenvalue weighted by atomic mass is 79.9. The maximum absolute atomic E-state index is 13.3. The lowest BCUT2D eigenvalue weighted by Crippen LogP contribution is -2.51. The van der Waals surface area contributed by atoms with Crippen molar-refractivity contribution < 1.29 is 33.4 Å². The fourth-order valence-corrected chi connectivity index (χ4v) is 5.53. The van der Waals surface area contributed by atoms with Crippen LogP contribution >= 0.6 is 31.9 Å². The summed E-state index contributed by atoms with van der Waals surface area (Å²) in [6, 6.07) is 16.1. The van der Waals surface area contributed by atoms with Crippen LogP contribution in [0.5, 0.6) is 0 Å². The summed E-state index contributed by atoms with van der Waals surface area (Å²) in [7, 11) is 0. The molecule has 0 spiro atoms. The second-order valence-electron chi connectivity index (χ2n) is 10.7. The number of hydrogen-bond acceptors (Lipinski definition) is 7. The second kappa shape index (κ2) is 17.8. The van der Waals surface area contributed by atoms with E-state index in [0.717, 1.165) is 11.1 Å². The molecule has 0 saturated heterocycles. The Balaban J connectivity index is 2.04. The standard InChI is InChI=1S/C31H38Br2N2O7/c1-19(2)15-23(34-30(39)41-17-21-11-7-5-8-12-21)27(36)25(32)29(38)26(33)28(37)24(16-20(3)4)35-31(40)42-18-22-13-9-6-10-14-22/h5-14,19-20,23-26H,15-18H2,1-4H3,(H,34,39)(H,35,40). The summed E-state index contributed by atoms with van der Waals surface area (Å²) in [5, 5.41) is 5.12. The first-order valence-electron chi connectivity index (χ1n) is 13.7. The lowest BCUT2D eigenvalue weighted by atomic mass is 9.93. The van der Waals surface area contributed by atoms with Gasteiger partial charge in [0.1, 0.15) is 22.9 Å². The first kappa shape index (κ1) is 35.1. The Morgan fingerprint density at radius 1 is 0.595 bits per heavy atom. The number of alkyl carbamates (subject to hydrolysis) is 2. The molecule has 2 rings (SSSR count). The first-order chi connectivity index (χ1) is 19.9. The van der Waals surface area contributed by atoms with Gasteiger partial charge in [-0.3, -0.25) is 14.4 Å². The third kappa shape index (κ3) is 12.1. The van der Waals surface area contributed by atoms with Gasteiger partial charge in [-0.2, -0.15) is 0 Å². The van der Waals surface area contributed by atoms with Gasteiger partial charge in [0.05, 0.1) is 12.1 Å². The van der Waals surface area contributed by atoms with E-state index in [-0.39, 0.29) is 37.9 Å².